The van der Waals surface area contributed by atoms with Gasteiger partial charge in [0.1, 0.15) is 5.82 Å². The van der Waals surface area contributed by atoms with Gasteiger partial charge in [0.15, 0.2) is 0 Å². The Morgan fingerprint density at radius 1 is 1.44 bits per heavy atom. The molecule has 0 aromatic carbocycles. The second kappa shape index (κ2) is 6.93. The number of unbranched alkanes of at least 4 members (excludes halogenated alkanes) is 1. The van der Waals surface area contributed by atoms with E-state index in [1.165, 1.54) is 44.3 Å². The van der Waals surface area contributed by atoms with Crippen LogP contribution in [0.15, 0.2) is 12.4 Å². The van der Waals surface area contributed by atoms with Crippen LogP contribution in [0.1, 0.15) is 58.2 Å². The summed E-state index contributed by atoms with van der Waals surface area (Å²) in [7, 11) is 0. The molecule has 1 heterocycles. The van der Waals surface area contributed by atoms with E-state index in [0.29, 0.717) is 0 Å². The fraction of sp³-hybridized carbons (Fsp3) is 0.800. The molecule has 0 bridgehead atoms. The standard InChI is InChI=1S/C15H27N3/c1-3-5-6-13(4-2)12-18-10-9-16-15(18)11-17-14-7-8-14/h9-10,13-14,17H,3-8,11-12H2,1-2H3. The molecule has 3 heteroatoms. The van der Waals surface area contributed by atoms with Gasteiger partial charge >= 0.3 is 0 Å². The summed E-state index contributed by atoms with van der Waals surface area (Å²) in [4.78, 5) is 4.48. The number of aromatic nitrogens is 2. The largest absolute Gasteiger partial charge is 0.334 e. The van der Waals surface area contributed by atoms with Crippen molar-refractivity contribution in [3.8, 4) is 0 Å². The lowest BCUT2D eigenvalue weighted by molar-refractivity contribution is 0.382. The molecule has 1 aromatic rings. The van der Waals surface area contributed by atoms with Gasteiger partial charge in [-0.1, -0.05) is 33.1 Å². The van der Waals surface area contributed by atoms with Gasteiger partial charge in [-0.15, -0.1) is 0 Å². The van der Waals surface area contributed by atoms with Gasteiger partial charge in [0, 0.05) is 25.0 Å². The molecule has 2 rings (SSSR count). The van der Waals surface area contributed by atoms with E-state index in [4.69, 9.17) is 0 Å². The van der Waals surface area contributed by atoms with Crippen molar-refractivity contribution in [1.29, 1.82) is 0 Å². The summed E-state index contributed by atoms with van der Waals surface area (Å²) in [6.45, 7) is 6.65. The quantitative estimate of drug-likeness (QED) is 0.727. The highest BCUT2D eigenvalue weighted by molar-refractivity contribution is 4.94. The van der Waals surface area contributed by atoms with Crippen molar-refractivity contribution < 1.29 is 0 Å². The average molecular weight is 249 g/mol. The molecule has 102 valence electrons. The zero-order valence-electron chi connectivity index (χ0n) is 11.9. The van der Waals surface area contributed by atoms with E-state index in [-0.39, 0.29) is 0 Å². The number of nitrogens with zero attached hydrogens (tertiary/aromatic N) is 2. The third kappa shape index (κ3) is 4.13. The molecular weight excluding hydrogens is 222 g/mol. The first kappa shape index (κ1) is 13.6. The first-order valence-electron chi connectivity index (χ1n) is 7.56. The molecular formula is C15H27N3. The summed E-state index contributed by atoms with van der Waals surface area (Å²) in [5.41, 5.74) is 0. The Labute approximate surface area is 111 Å². The van der Waals surface area contributed by atoms with Crippen molar-refractivity contribution in [3.63, 3.8) is 0 Å². The minimum Gasteiger partial charge on any atom is -0.334 e. The van der Waals surface area contributed by atoms with Crippen molar-refractivity contribution in [3.05, 3.63) is 18.2 Å². The normalized spacial score (nSPS) is 17.0. The SMILES string of the molecule is CCCCC(CC)Cn1ccnc1CNC1CC1. The monoisotopic (exact) mass is 249 g/mol. The molecule has 1 aliphatic rings. The van der Waals surface area contributed by atoms with Crippen LogP contribution < -0.4 is 5.32 Å². The van der Waals surface area contributed by atoms with Gasteiger partial charge in [-0.25, -0.2) is 4.98 Å². The van der Waals surface area contributed by atoms with Crippen molar-refractivity contribution in [1.82, 2.24) is 14.9 Å². The molecule has 18 heavy (non-hydrogen) atoms. The van der Waals surface area contributed by atoms with Gasteiger partial charge in [0.2, 0.25) is 0 Å². The lowest BCUT2D eigenvalue weighted by Crippen LogP contribution is -2.20. The van der Waals surface area contributed by atoms with Gasteiger partial charge < -0.3 is 9.88 Å². The van der Waals surface area contributed by atoms with Crippen molar-refractivity contribution in [2.24, 2.45) is 5.92 Å². The Hall–Kier alpha value is -0.830. The highest BCUT2D eigenvalue weighted by Crippen LogP contribution is 2.20. The first-order chi connectivity index (χ1) is 8.83. The van der Waals surface area contributed by atoms with E-state index in [2.05, 4.69) is 34.9 Å². The zero-order valence-corrected chi connectivity index (χ0v) is 11.9. The van der Waals surface area contributed by atoms with Gasteiger partial charge in [-0.05, 0) is 25.2 Å². The Balaban J connectivity index is 1.84. The number of nitrogens with one attached hydrogen (secondary N) is 1. The maximum atomic E-state index is 4.48. The van der Waals surface area contributed by atoms with E-state index in [0.717, 1.165) is 25.0 Å². The second-order valence-electron chi connectivity index (χ2n) is 5.57. The summed E-state index contributed by atoms with van der Waals surface area (Å²) in [6.07, 6.45) is 12.0. The number of hydrogen-bond donors (Lipinski definition) is 1. The van der Waals surface area contributed by atoms with Crippen LogP contribution in [0.3, 0.4) is 0 Å². The molecule has 1 saturated carbocycles. The lowest BCUT2D eigenvalue weighted by atomic mass is 9.99. The van der Waals surface area contributed by atoms with Gasteiger partial charge in [-0.3, -0.25) is 0 Å². The van der Waals surface area contributed by atoms with Crippen LogP contribution in [-0.4, -0.2) is 15.6 Å². The number of rotatable bonds is 9. The molecule has 1 fully saturated rings. The van der Waals surface area contributed by atoms with Gasteiger partial charge in [-0.2, -0.15) is 0 Å². The van der Waals surface area contributed by atoms with Crippen LogP contribution in [0.2, 0.25) is 0 Å². The minimum absolute atomic E-state index is 0.761. The Morgan fingerprint density at radius 3 is 2.94 bits per heavy atom. The molecule has 1 aromatic heterocycles. The third-order valence-electron chi connectivity index (χ3n) is 3.93. The summed E-state index contributed by atoms with van der Waals surface area (Å²) in [5.74, 6) is 2.01. The van der Waals surface area contributed by atoms with Crippen LogP contribution >= 0.6 is 0 Å². The van der Waals surface area contributed by atoms with E-state index >= 15 is 0 Å². The number of imidazole rings is 1. The number of hydrogen-bond acceptors (Lipinski definition) is 2. The Kier molecular flexibility index (Phi) is 5.24. The molecule has 3 nitrogen and oxygen atoms in total. The van der Waals surface area contributed by atoms with Crippen LogP contribution in [-0.2, 0) is 13.1 Å². The first-order valence-corrected chi connectivity index (χ1v) is 7.56. The summed E-state index contributed by atoms with van der Waals surface area (Å²) >= 11 is 0. The van der Waals surface area contributed by atoms with Crippen LogP contribution in [0.5, 0.6) is 0 Å². The molecule has 1 unspecified atom stereocenters. The fourth-order valence-corrected chi connectivity index (χ4v) is 2.39. The van der Waals surface area contributed by atoms with Crippen LogP contribution in [0.4, 0.5) is 0 Å². The summed E-state index contributed by atoms with van der Waals surface area (Å²) in [5, 5.41) is 3.55. The van der Waals surface area contributed by atoms with E-state index in [1.807, 2.05) is 6.20 Å². The molecule has 1 atom stereocenters. The van der Waals surface area contributed by atoms with Crippen LogP contribution in [0.25, 0.3) is 0 Å². The predicted octanol–water partition coefficient (Wildman–Crippen LogP) is 3.35. The van der Waals surface area contributed by atoms with Crippen molar-refractivity contribution in [2.75, 3.05) is 0 Å². The highest BCUT2D eigenvalue weighted by Gasteiger charge is 2.21. The summed E-state index contributed by atoms with van der Waals surface area (Å²) < 4.78 is 2.35. The minimum atomic E-state index is 0.761. The fourth-order valence-electron chi connectivity index (χ4n) is 2.39. The van der Waals surface area contributed by atoms with Crippen molar-refractivity contribution in [2.45, 2.75) is 71.5 Å². The molecule has 0 spiro atoms. The van der Waals surface area contributed by atoms with E-state index < -0.39 is 0 Å². The highest BCUT2D eigenvalue weighted by atomic mass is 15.1. The Bertz CT molecular complexity index is 341. The maximum Gasteiger partial charge on any atom is 0.122 e. The molecule has 0 radical (unpaired) electrons. The lowest BCUT2D eigenvalue weighted by Gasteiger charge is -2.17. The smallest absolute Gasteiger partial charge is 0.122 e. The van der Waals surface area contributed by atoms with Gasteiger partial charge in [0.05, 0.1) is 6.54 Å². The Morgan fingerprint density at radius 2 is 2.28 bits per heavy atom. The average Bonchev–Trinajstić information content (AvgIpc) is 3.12. The van der Waals surface area contributed by atoms with E-state index in [9.17, 15) is 0 Å². The van der Waals surface area contributed by atoms with Crippen LogP contribution in [0, 0.1) is 5.92 Å². The summed E-state index contributed by atoms with van der Waals surface area (Å²) in [6, 6.07) is 0.761. The maximum absolute atomic E-state index is 4.48. The molecule has 0 aliphatic heterocycles. The topological polar surface area (TPSA) is 29.9 Å². The molecule has 1 aliphatic carbocycles. The molecule has 0 saturated heterocycles. The van der Waals surface area contributed by atoms with Gasteiger partial charge in [0.25, 0.3) is 0 Å². The van der Waals surface area contributed by atoms with Crippen molar-refractivity contribution >= 4 is 0 Å². The third-order valence-corrected chi connectivity index (χ3v) is 3.93. The molecule has 0 amide bonds. The predicted molar refractivity (Wildman–Crippen MR) is 75.4 cm³/mol. The second-order valence-corrected chi connectivity index (χ2v) is 5.57. The van der Waals surface area contributed by atoms with E-state index in [1.54, 1.807) is 0 Å². The zero-order chi connectivity index (χ0) is 12.8. The molecule has 1 N–H and O–H groups in total.